The number of benzene rings is 3. The molecule has 0 fully saturated rings. The Hall–Kier alpha value is -3.69. The van der Waals surface area contributed by atoms with Gasteiger partial charge in [-0.15, -0.1) is 0 Å². The molecular formula is C27H22ClFN4O3S. The lowest BCUT2D eigenvalue weighted by Gasteiger charge is -2.23. The van der Waals surface area contributed by atoms with Gasteiger partial charge < -0.3 is 10.1 Å². The number of hydrogen-bond acceptors (Lipinski definition) is 6. The Balaban J connectivity index is 1.33. The van der Waals surface area contributed by atoms with E-state index in [0.717, 1.165) is 16.8 Å². The number of hydrogen-bond donors (Lipinski definition) is 1. The second kappa shape index (κ2) is 10.7. The summed E-state index contributed by atoms with van der Waals surface area (Å²) in [4.78, 5) is 29.6. The van der Waals surface area contributed by atoms with Crippen molar-refractivity contribution < 1.29 is 18.7 Å². The van der Waals surface area contributed by atoms with Crippen LogP contribution < -0.4 is 10.1 Å². The minimum Gasteiger partial charge on any atom is -0.497 e. The highest BCUT2D eigenvalue weighted by Crippen LogP contribution is 2.39. The number of carbonyl (C=O) groups excluding carboxylic acids is 2. The molecule has 2 amide bonds. The Labute approximate surface area is 222 Å². The summed E-state index contributed by atoms with van der Waals surface area (Å²) in [6, 6.07) is 20.2. The SMILES string of the molecule is COc1ccc(NC(=O)C[C@@H]2SC(N3N=C(c4ccc(F)cc4)C[C@@H]3c3cccc(Cl)c3)=NC2=O)cc1. The van der Waals surface area contributed by atoms with E-state index in [0.29, 0.717) is 28.0 Å². The van der Waals surface area contributed by atoms with Crippen molar-refractivity contribution in [2.24, 2.45) is 10.1 Å². The van der Waals surface area contributed by atoms with Gasteiger partial charge in [0.05, 0.1) is 18.9 Å². The molecule has 0 saturated carbocycles. The van der Waals surface area contributed by atoms with E-state index < -0.39 is 5.25 Å². The molecule has 2 atom stereocenters. The molecule has 7 nitrogen and oxygen atoms in total. The monoisotopic (exact) mass is 536 g/mol. The van der Waals surface area contributed by atoms with Crippen LogP contribution in [0, 0.1) is 5.82 Å². The Morgan fingerprint density at radius 1 is 1.16 bits per heavy atom. The molecule has 2 aliphatic rings. The quantitative estimate of drug-likeness (QED) is 0.439. The summed E-state index contributed by atoms with van der Waals surface area (Å²) in [5, 5.41) is 9.59. The van der Waals surface area contributed by atoms with Crippen molar-refractivity contribution in [1.29, 1.82) is 0 Å². The van der Waals surface area contributed by atoms with E-state index in [2.05, 4.69) is 10.3 Å². The second-order valence-electron chi connectivity index (χ2n) is 8.49. The number of aliphatic imine (C=N–C) groups is 1. The fraction of sp³-hybridized carbons (Fsp3) is 0.185. The summed E-state index contributed by atoms with van der Waals surface area (Å²) in [5.74, 6) is -0.336. The lowest BCUT2D eigenvalue weighted by Crippen LogP contribution is -2.25. The van der Waals surface area contributed by atoms with Crippen molar-refractivity contribution in [3.63, 3.8) is 0 Å². The highest BCUT2D eigenvalue weighted by Gasteiger charge is 2.39. The number of rotatable bonds is 6. The number of methoxy groups -OCH3 is 1. The van der Waals surface area contributed by atoms with Gasteiger partial charge >= 0.3 is 0 Å². The van der Waals surface area contributed by atoms with Crippen LogP contribution in [-0.2, 0) is 9.59 Å². The summed E-state index contributed by atoms with van der Waals surface area (Å²) in [7, 11) is 1.57. The lowest BCUT2D eigenvalue weighted by molar-refractivity contribution is -0.121. The molecule has 37 heavy (non-hydrogen) atoms. The first-order chi connectivity index (χ1) is 17.9. The topological polar surface area (TPSA) is 83.4 Å². The predicted octanol–water partition coefficient (Wildman–Crippen LogP) is 5.67. The maximum Gasteiger partial charge on any atom is 0.262 e. The standard InChI is InChI=1S/C27H22ClFN4O3S/c1-36-21-11-9-20(10-12-21)30-25(34)15-24-26(35)31-27(37-24)33-23(17-3-2-4-18(28)13-17)14-22(32-33)16-5-7-19(29)8-6-16/h2-13,23-24H,14-15H2,1H3,(H,30,34)/t23-,24+/m1/s1. The first-order valence-electron chi connectivity index (χ1n) is 11.5. The second-order valence-corrected chi connectivity index (χ2v) is 10.1. The van der Waals surface area contributed by atoms with Gasteiger partial charge in [0, 0.05) is 23.6 Å². The van der Waals surface area contributed by atoms with Crippen LogP contribution in [-0.4, -0.2) is 40.1 Å². The smallest absolute Gasteiger partial charge is 0.262 e. The van der Waals surface area contributed by atoms with Gasteiger partial charge in [0.2, 0.25) is 5.91 Å². The number of ether oxygens (including phenoxy) is 1. The van der Waals surface area contributed by atoms with Gasteiger partial charge in [0.25, 0.3) is 5.91 Å². The van der Waals surface area contributed by atoms with Gasteiger partial charge in [-0.1, -0.05) is 47.6 Å². The number of thioether (sulfide) groups is 1. The van der Waals surface area contributed by atoms with Crippen molar-refractivity contribution in [2.75, 3.05) is 12.4 Å². The Bertz CT molecular complexity index is 1400. The number of amides is 2. The van der Waals surface area contributed by atoms with E-state index in [1.165, 1.54) is 23.9 Å². The van der Waals surface area contributed by atoms with Crippen LogP contribution in [0.25, 0.3) is 0 Å². The van der Waals surface area contributed by atoms with E-state index in [1.54, 1.807) is 54.6 Å². The first-order valence-corrected chi connectivity index (χ1v) is 12.8. The lowest BCUT2D eigenvalue weighted by atomic mass is 9.98. The highest BCUT2D eigenvalue weighted by molar-refractivity contribution is 8.15. The van der Waals surface area contributed by atoms with Gasteiger partial charge in [-0.25, -0.2) is 9.40 Å². The van der Waals surface area contributed by atoms with Crippen molar-refractivity contribution in [3.05, 3.63) is 94.8 Å². The molecule has 0 saturated heterocycles. The zero-order chi connectivity index (χ0) is 25.9. The molecule has 3 aromatic rings. The number of amidine groups is 1. The molecule has 0 unspecified atom stereocenters. The van der Waals surface area contributed by atoms with Crippen molar-refractivity contribution in [1.82, 2.24) is 5.01 Å². The molecule has 1 N–H and O–H groups in total. The number of hydrazone groups is 1. The highest BCUT2D eigenvalue weighted by atomic mass is 35.5. The van der Waals surface area contributed by atoms with Crippen LogP contribution in [0.15, 0.2) is 82.9 Å². The van der Waals surface area contributed by atoms with Crippen molar-refractivity contribution >= 4 is 51.7 Å². The van der Waals surface area contributed by atoms with Gasteiger partial charge in [0.1, 0.15) is 16.8 Å². The molecular weight excluding hydrogens is 515 g/mol. The molecule has 5 rings (SSSR count). The summed E-state index contributed by atoms with van der Waals surface area (Å²) in [5.41, 5.74) is 3.03. The van der Waals surface area contributed by atoms with E-state index in [9.17, 15) is 14.0 Å². The Morgan fingerprint density at radius 2 is 1.92 bits per heavy atom. The molecule has 3 aromatic carbocycles. The molecule has 10 heteroatoms. The van der Waals surface area contributed by atoms with Crippen LogP contribution in [0.5, 0.6) is 5.75 Å². The summed E-state index contributed by atoms with van der Waals surface area (Å²) in [6.45, 7) is 0. The summed E-state index contributed by atoms with van der Waals surface area (Å²) >= 11 is 7.46. The first kappa shape index (κ1) is 25.0. The Morgan fingerprint density at radius 3 is 2.62 bits per heavy atom. The molecule has 2 heterocycles. The zero-order valence-electron chi connectivity index (χ0n) is 19.7. The summed E-state index contributed by atoms with van der Waals surface area (Å²) < 4.78 is 18.6. The van der Waals surface area contributed by atoms with E-state index in [1.807, 2.05) is 18.2 Å². The van der Waals surface area contributed by atoms with Crippen LogP contribution >= 0.6 is 23.4 Å². The molecule has 2 aliphatic heterocycles. The van der Waals surface area contributed by atoms with Crippen LogP contribution in [0.3, 0.4) is 0 Å². The van der Waals surface area contributed by atoms with E-state index in [4.69, 9.17) is 21.4 Å². The molecule has 0 spiro atoms. The van der Waals surface area contributed by atoms with Gasteiger partial charge in [-0.2, -0.15) is 10.1 Å². The number of anilines is 1. The fourth-order valence-corrected chi connectivity index (χ4v) is 5.40. The molecule has 188 valence electrons. The number of nitrogens with zero attached hydrogens (tertiary/aromatic N) is 3. The van der Waals surface area contributed by atoms with Gasteiger partial charge in [-0.3, -0.25) is 9.59 Å². The maximum absolute atomic E-state index is 13.5. The number of carbonyl (C=O) groups is 2. The Kier molecular flexibility index (Phi) is 7.25. The summed E-state index contributed by atoms with van der Waals surface area (Å²) in [6.07, 6.45) is 0.481. The molecule has 0 aromatic heterocycles. The van der Waals surface area contributed by atoms with E-state index in [-0.39, 0.29) is 30.1 Å². The number of halogens is 2. The fourth-order valence-electron chi connectivity index (χ4n) is 4.14. The molecule has 0 bridgehead atoms. The average molecular weight is 537 g/mol. The minimum absolute atomic E-state index is 0.0350. The van der Waals surface area contributed by atoms with Gasteiger partial charge in [-0.05, 0) is 59.7 Å². The predicted molar refractivity (Wildman–Crippen MR) is 144 cm³/mol. The maximum atomic E-state index is 13.5. The third-order valence-electron chi connectivity index (χ3n) is 5.99. The molecule has 0 radical (unpaired) electrons. The minimum atomic E-state index is -0.668. The average Bonchev–Trinajstić information content (AvgIpc) is 3.49. The van der Waals surface area contributed by atoms with Crippen molar-refractivity contribution in [3.8, 4) is 5.75 Å². The molecule has 0 aliphatic carbocycles. The van der Waals surface area contributed by atoms with Crippen LogP contribution in [0.4, 0.5) is 10.1 Å². The normalized spacial score (nSPS) is 19.0. The zero-order valence-corrected chi connectivity index (χ0v) is 21.3. The van der Waals surface area contributed by atoms with Crippen LogP contribution in [0.2, 0.25) is 5.02 Å². The van der Waals surface area contributed by atoms with Crippen LogP contribution in [0.1, 0.15) is 30.0 Å². The third kappa shape index (κ3) is 5.68. The largest absolute Gasteiger partial charge is 0.497 e. The van der Waals surface area contributed by atoms with Crippen molar-refractivity contribution in [2.45, 2.75) is 24.1 Å². The van der Waals surface area contributed by atoms with E-state index >= 15 is 0 Å². The number of nitrogens with one attached hydrogen (secondary N) is 1. The third-order valence-corrected chi connectivity index (χ3v) is 7.37. The van der Waals surface area contributed by atoms with Gasteiger partial charge in [0.15, 0.2) is 5.17 Å².